The summed E-state index contributed by atoms with van der Waals surface area (Å²) in [5.74, 6) is -0.775. The third-order valence-electron chi connectivity index (χ3n) is 2.58. The summed E-state index contributed by atoms with van der Waals surface area (Å²) < 4.78 is 33.4. The molecular weight excluding hydrogens is 282 g/mol. The van der Waals surface area contributed by atoms with Crippen LogP contribution < -0.4 is 9.47 Å². The molecule has 0 saturated carbocycles. The van der Waals surface area contributed by atoms with E-state index in [1.807, 2.05) is 0 Å². The molecule has 6 nitrogen and oxygen atoms in total. The van der Waals surface area contributed by atoms with Gasteiger partial charge in [0.05, 0.1) is 31.6 Å². The lowest BCUT2D eigenvalue weighted by Gasteiger charge is -2.09. The average molecular weight is 297 g/mol. The van der Waals surface area contributed by atoms with Crippen LogP contribution in [0.1, 0.15) is 16.8 Å². The van der Waals surface area contributed by atoms with Gasteiger partial charge in [0.15, 0.2) is 15.6 Å². The van der Waals surface area contributed by atoms with Crippen LogP contribution in [0.4, 0.5) is 0 Å². The molecule has 1 aromatic carbocycles. The van der Waals surface area contributed by atoms with E-state index in [4.69, 9.17) is 14.7 Å². The number of benzene rings is 1. The maximum absolute atomic E-state index is 12.0. The van der Waals surface area contributed by atoms with Crippen LogP contribution in [0.3, 0.4) is 0 Å². The third-order valence-corrected chi connectivity index (χ3v) is 4.11. The normalized spacial score (nSPS) is 10.7. The van der Waals surface area contributed by atoms with Crippen molar-refractivity contribution in [3.63, 3.8) is 0 Å². The van der Waals surface area contributed by atoms with Gasteiger partial charge in [-0.1, -0.05) is 0 Å². The largest absolute Gasteiger partial charge is 0.497 e. The summed E-state index contributed by atoms with van der Waals surface area (Å²) in [4.78, 5) is 12.0. The van der Waals surface area contributed by atoms with Crippen molar-refractivity contribution in [2.24, 2.45) is 0 Å². The van der Waals surface area contributed by atoms with Crippen molar-refractivity contribution in [2.75, 3.05) is 25.7 Å². The highest BCUT2D eigenvalue weighted by Crippen LogP contribution is 2.25. The van der Waals surface area contributed by atoms with Crippen molar-refractivity contribution in [1.29, 1.82) is 5.26 Å². The Bertz CT molecular complexity index is 631. The molecule has 0 aliphatic heterocycles. The van der Waals surface area contributed by atoms with E-state index >= 15 is 0 Å². The van der Waals surface area contributed by atoms with Crippen molar-refractivity contribution in [1.82, 2.24) is 0 Å². The number of hydrogen-bond donors (Lipinski definition) is 0. The standard InChI is InChI=1S/C13H15NO5S/c1-18-10-4-5-11(13(8-10)19-2)12(15)9-20(16,17)7-3-6-14/h4-5,8H,3,7,9H2,1-2H3. The molecule has 108 valence electrons. The summed E-state index contributed by atoms with van der Waals surface area (Å²) in [6.45, 7) is 0. The molecule has 0 amide bonds. The van der Waals surface area contributed by atoms with Crippen molar-refractivity contribution < 1.29 is 22.7 Å². The lowest BCUT2D eigenvalue weighted by molar-refractivity contribution is 0.101. The number of hydrogen-bond acceptors (Lipinski definition) is 6. The van der Waals surface area contributed by atoms with E-state index in [-0.39, 0.29) is 23.5 Å². The fraction of sp³-hybridized carbons (Fsp3) is 0.385. The zero-order valence-corrected chi connectivity index (χ0v) is 12.1. The van der Waals surface area contributed by atoms with Gasteiger partial charge in [-0.3, -0.25) is 4.79 Å². The number of carbonyl (C=O) groups is 1. The first-order valence-corrected chi connectivity index (χ1v) is 7.58. The molecule has 0 heterocycles. The summed E-state index contributed by atoms with van der Waals surface area (Å²) in [6, 6.07) is 6.26. The highest BCUT2D eigenvalue weighted by Gasteiger charge is 2.21. The van der Waals surface area contributed by atoms with Crippen molar-refractivity contribution >= 4 is 15.6 Å². The van der Waals surface area contributed by atoms with Gasteiger partial charge in [-0.2, -0.15) is 5.26 Å². The molecule has 0 aliphatic rings. The van der Waals surface area contributed by atoms with Crippen LogP contribution in [-0.2, 0) is 9.84 Å². The van der Waals surface area contributed by atoms with Gasteiger partial charge in [0.2, 0.25) is 0 Å². The summed E-state index contributed by atoms with van der Waals surface area (Å²) in [5.41, 5.74) is 0.175. The van der Waals surface area contributed by atoms with E-state index in [9.17, 15) is 13.2 Å². The molecule has 0 unspecified atom stereocenters. The number of ether oxygens (including phenoxy) is 2. The van der Waals surface area contributed by atoms with Gasteiger partial charge in [-0.15, -0.1) is 0 Å². The van der Waals surface area contributed by atoms with Crippen molar-refractivity contribution in [2.45, 2.75) is 6.42 Å². The van der Waals surface area contributed by atoms with Crippen LogP contribution >= 0.6 is 0 Å². The van der Waals surface area contributed by atoms with E-state index in [1.54, 1.807) is 12.1 Å². The number of methoxy groups -OCH3 is 2. The van der Waals surface area contributed by atoms with Crippen LogP contribution in [0.15, 0.2) is 18.2 Å². The molecule has 0 fully saturated rings. The predicted octanol–water partition coefficient (Wildman–Crippen LogP) is 1.21. The Hall–Kier alpha value is -2.07. The van der Waals surface area contributed by atoms with E-state index in [2.05, 4.69) is 0 Å². The summed E-state index contributed by atoms with van der Waals surface area (Å²) in [7, 11) is -0.731. The summed E-state index contributed by atoms with van der Waals surface area (Å²) >= 11 is 0. The minimum Gasteiger partial charge on any atom is -0.497 e. The Balaban J connectivity index is 2.96. The van der Waals surface area contributed by atoms with Crippen LogP contribution in [0.25, 0.3) is 0 Å². The smallest absolute Gasteiger partial charge is 0.181 e. The Morgan fingerprint density at radius 1 is 1.30 bits per heavy atom. The maximum Gasteiger partial charge on any atom is 0.181 e. The fourth-order valence-corrected chi connectivity index (χ4v) is 2.68. The molecule has 1 rings (SSSR count). The second kappa shape index (κ2) is 6.91. The molecule has 0 N–H and O–H groups in total. The monoisotopic (exact) mass is 297 g/mol. The number of ketones is 1. The SMILES string of the molecule is COc1ccc(C(=O)CS(=O)(=O)CCC#N)c(OC)c1. The van der Waals surface area contributed by atoms with Gasteiger partial charge < -0.3 is 9.47 Å². The van der Waals surface area contributed by atoms with Crippen molar-refractivity contribution in [3.05, 3.63) is 23.8 Å². The number of carbonyl (C=O) groups excluding carboxylic acids is 1. The molecule has 0 radical (unpaired) electrons. The molecule has 20 heavy (non-hydrogen) atoms. The minimum atomic E-state index is -3.59. The molecule has 0 spiro atoms. The lowest BCUT2D eigenvalue weighted by Crippen LogP contribution is -2.19. The second-order valence-electron chi connectivity index (χ2n) is 3.99. The first-order valence-electron chi connectivity index (χ1n) is 5.76. The van der Waals surface area contributed by atoms with E-state index in [0.29, 0.717) is 5.75 Å². The van der Waals surface area contributed by atoms with Crippen LogP contribution in [0.2, 0.25) is 0 Å². The average Bonchev–Trinajstić information content (AvgIpc) is 2.43. The Morgan fingerprint density at radius 3 is 2.55 bits per heavy atom. The van der Waals surface area contributed by atoms with Crippen LogP contribution in [-0.4, -0.2) is 39.9 Å². The summed E-state index contributed by atoms with van der Waals surface area (Å²) in [5, 5.41) is 8.39. The molecule has 0 atom stereocenters. The molecule has 0 aromatic heterocycles. The maximum atomic E-state index is 12.0. The Labute approximate surface area is 117 Å². The number of nitriles is 1. The molecule has 7 heteroatoms. The van der Waals surface area contributed by atoms with Crippen LogP contribution in [0.5, 0.6) is 11.5 Å². The molecule has 0 aliphatic carbocycles. The van der Waals surface area contributed by atoms with E-state index < -0.39 is 21.4 Å². The fourth-order valence-electron chi connectivity index (χ4n) is 1.58. The second-order valence-corrected chi connectivity index (χ2v) is 6.17. The van der Waals surface area contributed by atoms with Gasteiger partial charge >= 0.3 is 0 Å². The molecular formula is C13H15NO5S. The number of Topliss-reactive ketones (excluding diaryl/α,β-unsaturated/α-hetero) is 1. The van der Waals surface area contributed by atoms with Gasteiger partial charge in [0.25, 0.3) is 0 Å². The highest BCUT2D eigenvalue weighted by molar-refractivity contribution is 7.92. The zero-order valence-electron chi connectivity index (χ0n) is 11.3. The third kappa shape index (κ3) is 4.24. The van der Waals surface area contributed by atoms with E-state index in [1.165, 1.54) is 26.4 Å². The quantitative estimate of drug-likeness (QED) is 0.702. The predicted molar refractivity (Wildman–Crippen MR) is 72.8 cm³/mol. The Morgan fingerprint density at radius 2 is 2.00 bits per heavy atom. The van der Waals surface area contributed by atoms with E-state index in [0.717, 1.165) is 0 Å². The number of sulfone groups is 1. The Kier molecular flexibility index (Phi) is 5.53. The van der Waals surface area contributed by atoms with Gasteiger partial charge in [0.1, 0.15) is 17.3 Å². The highest BCUT2D eigenvalue weighted by atomic mass is 32.2. The molecule has 0 saturated heterocycles. The number of rotatable bonds is 7. The van der Waals surface area contributed by atoms with Crippen LogP contribution in [0, 0.1) is 11.3 Å². The number of nitrogens with zero attached hydrogens (tertiary/aromatic N) is 1. The zero-order chi connectivity index (χ0) is 15.2. The first kappa shape index (κ1) is 16.0. The van der Waals surface area contributed by atoms with Gasteiger partial charge in [0, 0.05) is 12.5 Å². The van der Waals surface area contributed by atoms with Gasteiger partial charge in [-0.25, -0.2) is 8.42 Å². The van der Waals surface area contributed by atoms with Crippen molar-refractivity contribution in [3.8, 4) is 17.6 Å². The topological polar surface area (TPSA) is 93.5 Å². The first-order chi connectivity index (χ1) is 9.43. The molecule has 0 bridgehead atoms. The molecule has 1 aromatic rings. The minimum absolute atomic E-state index is 0.130. The van der Waals surface area contributed by atoms with Gasteiger partial charge in [-0.05, 0) is 12.1 Å². The summed E-state index contributed by atoms with van der Waals surface area (Å²) in [6.07, 6.45) is -0.130. The lowest BCUT2D eigenvalue weighted by atomic mass is 10.1.